The van der Waals surface area contributed by atoms with Gasteiger partial charge in [0.15, 0.2) is 0 Å². The van der Waals surface area contributed by atoms with Crippen LogP contribution in [0.3, 0.4) is 0 Å². The number of H-pyrrole nitrogens is 1. The van der Waals surface area contributed by atoms with E-state index < -0.39 is 18.9 Å². The molecule has 2 radical (unpaired) electrons. The second-order valence-electron chi connectivity index (χ2n) is 2.37. The number of hydrogen-bond acceptors (Lipinski definition) is 2. The number of rotatable bonds is 0. The third-order valence-electron chi connectivity index (χ3n) is 1.53. The van der Waals surface area contributed by atoms with Crippen LogP contribution >= 0.6 is 29.4 Å². The minimum atomic E-state index is -0.826. The molecule has 7 N–H and O–H groups in total. The van der Waals surface area contributed by atoms with Crippen LogP contribution in [0.1, 0.15) is 0 Å². The predicted molar refractivity (Wildman–Crippen MR) is 70.2 cm³/mol. The third-order valence-corrected chi connectivity index (χ3v) is 1.74. The maximum absolute atomic E-state index is 5.72. The Morgan fingerprint density at radius 1 is 1.31 bits per heavy atom. The fourth-order valence-corrected chi connectivity index (χ4v) is 1.16. The molecule has 0 aliphatic carbocycles. The summed E-state index contributed by atoms with van der Waals surface area (Å²) in [5, 5.41) is 1.47. The van der Waals surface area contributed by atoms with Crippen LogP contribution in [-0.4, -0.2) is 39.8 Å². The van der Waals surface area contributed by atoms with Crippen LogP contribution in [0, 0.1) is 0 Å². The van der Waals surface area contributed by atoms with Crippen molar-refractivity contribution in [1.82, 2.24) is 9.97 Å². The van der Waals surface area contributed by atoms with E-state index in [0.717, 1.165) is 11.0 Å². The van der Waals surface area contributed by atoms with Crippen molar-refractivity contribution in [3.8, 4) is 0 Å². The topological polar surface area (TPSA) is 118 Å². The molecule has 0 spiro atoms. The van der Waals surface area contributed by atoms with E-state index in [2.05, 4.69) is 9.97 Å². The van der Waals surface area contributed by atoms with Gasteiger partial charge in [0.1, 0.15) is 5.65 Å². The molecule has 9 heteroatoms. The molecule has 2 heterocycles. The second kappa shape index (κ2) is 9.14. The average molecular weight is 393 g/mol. The summed E-state index contributed by atoms with van der Waals surface area (Å²) >= 11 is 4.89. The van der Waals surface area contributed by atoms with Gasteiger partial charge in [-0.15, -0.1) is 0 Å². The van der Waals surface area contributed by atoms with Crippen molar-refractivity contribution in [2.24, 2.45) is 0 Å². The molecule has 2 aromatic rings. The van der Waals surface area contributed by atoms with E-state index in [1.807, 2.05) is 0 Å². The molecule has 0 aliphatic heterocycles. The molecular weight excluding hydrogens is 383 g/mol. The number of anilines is 1. The van der Waals surface area contributed by atoms with Crippen LogP contribution in [0.25, 0.3) is 11.0 Å². The third kappa shape index (κ3) is 4.94. The van der Waals surface area contributed by atoms with E-state index in [4.69, 9.17) is 35.2 Å². The SMILES string of the molecule is Nc1c[nH]c2ncc(Cl)cc12.O.O.[Cl][Sn][Cl]. The Morgan fingerprint density at radius 2 is 1.88 bits per heavy atom. The molecule has 0 atom stereocenters. The summed E-state index contributed by atoms with van der Waals surface area (Å²) in [4.78, 5) is 6.95. The van der Waals surface area contributed by atoms with Crippen molar-refractivity contribution in [2.45, 2.75) is 0 Å². The first-order valence-corrected chi connectivity index (χ1v) is 11.1. The number of halogens is 3. The van der Waals surface area contributed by atoms with Gasteiger partial charge in [0.05, 0.1) is 10.7 Å². The Morgan fingerprint density at radius 3 is 2.44 bits per heavy atom. The van der Waals surface area contributed by atoms with Crippen LogP contribution in [-0.2, 0) is 0 Å². The quantitative estimate of drug-likeness (QED) is 0.653. The standard InChI is InChI=1S/C7H6ClN3.2ClH.2H2O.Sn/c8-4-1-5-6(9)3-11-7(5)10-2-4;;;;;/h1-3H,9H2,(H,10,11);2*1H;2*1H2;/q;;;;;+2/p-2. The number of fused-ring (bicyclic) bond motifs is 1. The van der Waals surface area contributed by atoms with E-state index in [1.54, 1.807) is 18.5 Å². The summed E-state index contributed by atoms with van der Waals surface area (Å²) in [5.74, 6) is 0. The molecule has 0 aromatic carbocycles. The Balaban J connectivity index is 0. The van der Waals surface area contributed by atoms with Gasteiger partial charge < -0.3 is 21.7 Å². The summed E-state index contributed by atoms with van der Waals surface area (Å²) < 4.78 is 0. The monoisotopic (exact) mass is 393 g/mol. The fraction of sp³-hybridized carbons (Fsp3) is 0. The summed E-state index contributed by atoms with van der Waals surface area (Å²) in [6.45, 7) is 0. The van der Waals surface area contributed by atoms with E-state index >= 15 is 0 Å². The van der Waals surface area contributed by atoms with Gasteiger partial charge in [-0.3, -0.25) is 0 Å². The van der Waals surface area contributed by atoms with Gasteiger partial charge in [0.25, 0.3) is 0 Å². The first kappa shape index (κ1) is 18.4. The van der Waals surface area contributed by atoms with Crippen molar-refractivity contribution in [3.63, 3.8) is 0 Å². The van der Waals surface area contributed by atoms with E-state index in [-0.39, 0.29) is 11.0 Å². The van der Waals surface area contributed by atoms with Crippen molar-refractivity contribution >= 4 is 65.1 Å². The Labute approximate surface area is 115 Å². The Hall–Kier alpha value is 0.0787. The van der Waals surface area contributed by atoms with Gasteiger partial charge in [-0.05, 0) is 6.07 Å². The molecular formula is C7H10Cl3N3O2Sn. The molecule has 0 bridgehead atoms. The van der Waals surface area contributed by atoms with Crippen LogP contribution < -0.4 is 5.73 Å². The normalized spacial score (nSPS) is 8.44. The number of hydrogen-bond donors (Lipinski definition) is 2. The first-order valence-electron chi connectivity index (χ1n) is 3.53. The zero-order valence-electron chi connectivity index (χ0n) is 7.89. The van der Waals surface area contributed by atoms with Crippen LogP contribution in [0.5, 0.6) is 0 Å². The average Bonchev–Trinajstić information content (AvgIpc) is 2.49. The van der Waals surface area contributed by atoms with Gasteiger partial charge in [-0.1, -0.05) is 11.6 Å². The van der Waals surface area contributed by atoms with Gasteiger partial charge >= 0.3 is 36.7 Å². The zero-order valence-corrected chi connectivity index (χ0v) is 13.0. The van der Waals surface area contributed by atoms with Crippen molar-refractivity contribution < 1.29 is 11.0 Å². The second-order valence-corrected chi connectivity index (χ2v) is 7.04. The maximum atomic E-state index is 5.72. The molecule has 0 unspecified atom stereocenters. The molecule has 0 fully saturated rings. The summed E-state index contributed by atoms with van der Waals surface area (Å²) in [6.07, 6.45) is 3.29. The molecule has 0 aliphatic rings. The molecule has 16 heavy (non-hydrogen) atoms. The summed E-state index contributed by atoms with van der Waals surface area (Å²) in [7, 11) is 9.87. The first-order chi connectivity index (χ1) is 6.69. The van der Waals surface area contributed by atoms with E-state index in [9.17, 15) is 0 Å². The van der Waals surface area contributed by atoms with Gasteiger partial charge in [0.2, 0.25) is 0 Å². The number of nitrogens with one attached hydrogen (secondary N) is 1. The van der Waals surface area contributed by atoms with E-state index in [1.165, 1.54) is 0 Å². The molecule has 0 saturated carbocycles. The Kier molecular flexibility index (Phi) is 10.5. The molecule has 5 nitrogen and oxygen atoms in total. The summed E-state index contributed by atoms with van der Waals surface area (Å²) in [5.41, 5.74) is 7.06. The number of nitrogens with zero attached hydrogens (tertiary/aromatic N) is 1. The summed E-state index contributed by atoms with van der Waals surface area (Å²) in [6, 6.07) is 1.79. The molecule has 2 aromatic heterocycles. The molecule has 90 valence electrons. The van der Waals surface area contributed by atoms with Crippen molar-refractivity contribution in [3.05, 3.63) is 23.5 Å². The van der Waals surface area contributed by atoms with Gasteiger partial charge in [-0.25, -0.2) is 4.98 Å². The number of aromatic nitrogens is 2. The molecule has 0 amide bonds. The zero-order chi connectivity index (χ0) is 10.6. The Bertz CT molecular complexity index is 426. The van der Waals surface area contributed by atoms with Crippen molar-refractivity contribution in [2.75, 3.05) is 5.73 Å². The number of nitrogen functional groups attached to an aromatic ring is 1. The van der Waals surface area contributed by atoms with Crippen LogP contribution in [0.4, 0.5) is 5.69 Å². The molecule has 0 saturated heterocycles. The number of pyridine rings is 1. The van der Waals surface area contributed by atoms with E-state index in [0.29, 0.717) is 10.7 Å². The predicted octanol–water partition coefficient (Wildman–Crippen LogP) is 1.15. The number of nitrogens with two attached hydrogens (primary N) is 1. The van der Waals surface area contributed by atoms with Gasteiger partial charge in [0, 0.05) is 17.8 Å². The minimum absolute atomic E-state index is 0. The van der Waals surface area contributed by atoms with Gasteiger partial charge in [-0.2, -0.15) is 0 Å². The molecule has 2 rings (SSSR count). The van der Waals surface area contributed by atoms with Crippen molar-refractivity contribution in [1.29, 1.82) is 0 Å². The van der Waals surface area contributed by atoms with Crippen LogP contribution in [0.2, 0.25) is 5.02 Å². The van der Waals surface area contributed by atoms with Crippen LogP contribution in [0.15, 0.2) is 18.5 Å². The fourth-order valence-electron chi connectivity index (χ4n) is 0.998. The number of aromatic amines is 1.